The summed E-state index contributed by atoms with van der Waals surface area (Å²) < 4.78 is 1.73. The quantitative estimate of drug-likeness (QED) is 0.882. The van der Waals surface area contributed by atoms with Crippen molar-refractivity contribution < 1.29 is 9.90 Å². The number of carboxylic acid groups (broad SMARTS) is 1. The largest absolute Gasteiger partial charge is 0.476 e. The topological polar surface area (TPSA) is 68.0 Å². The van der Waals surface area contributed by atoms with Crippen molar-refractivity contribution in [1.29, 1.82) is 0 Å². The van der Waals surface area contributed by atoms with Crippen LogP contribution in [0.2, 0.25) is 0 Å². The van der Waals surface area contributed by atoms with Crippen LogP contribution >= 0.6 is 0 Å². The highest BCUT2D eigenvalue weighted by molar-refractivity contribution is 5.87. The molecular formula is C13H15N3O2. The Labute approximate surface area is 105 Å². The Balaban J connectivity index is 2.62. The Bertz CT molecular complexity index is 568. The van der Waals surface area contributed by atoms with Gasteiger partial charge in [-0.05, 0) is 39.0 Å². The number of nitrogens with zero attached hydrogens (tertiary/aromatic N) is 3. The number of aromatic carboxylic acids is 1. The van der Waals surface area contributed by atoms with Gasteiger partial charge in [0.1, 0.15) is 0 Å². The Morgan fingerprint density at radius 3 is 2.39 bits per heavy atom. The Hall–Kier alpha value is -2.17. The molecule has 5 heteroatoms. The summed E-state index contributed by atoms with van der Waals surface area (Å²) >= 11 is 0. The normalized spacial score (nSPS) is 11.5. The lowest BCUT2D eigenvalue weighted by Crippen LogP contribution is -2.24. The minimum Gasteiger partial charge on any atom is -0.476 e. The van der Waals surface area contributed by atoms with Gasteiger partial charge in [-0.15, -0.1) is 0 Å². The lowest BCUT2D eigenvalue weighted by molar-refractivity contribution is 0.0688. The van der Waals surface area contributed by atoms with Crippen LogP contribution in [0, 0.1) is 0 Å². The van der Waals surface area contributed by atoms with Crippen molar-refractivity contribution >= 4 is 5.97 Å². The molecule has 2 rings (SSSR count). The van der Waals surface area contributed by atoms with Crippen LogP contribution < -0.4 is 0 Å². The first kappa shape index (κ1) is 12.3. The second kappa shape index (κ2) is 4.25. The summed E-state index contributed by atoms with van der Waals surface area (Å²) in [5.74, 6) is -1.02. The first-order valence-electron chi connectivity index (χ1n) is 5.64. The van der Waals surface area contributed by atoms with Crippen molar-refractivity contribution in [3.8, 4) is 11.3 Å². The number of rotatable bonds is 2. The number of hydrogen-bond acceptors (Lipinski definition) is 3. The Kier molecular flexibility index (Phi) is 2.90. The SMILES string of the molecule is CC(C)(C)n1nc(C(=O)O)cc1-c1ccncc1. The van der Waals surface area contributed by atoms with E-state index in [9.17, 15) is 4.79 Å². The van der Waals surface area contributed by atoms with Gasteiger partial charge in [-0.25, -0.2) is 4.79 Å². The van der Waals surface area contributed by atoms with Crippen molar-refractivity contribution in [1.82, 2.24) is 14.8 Å². The first-order chi connectivity index (χ1) is 8.39. The molecule has 2 aromatic heterocycles. The summed E-state index contributed by atoms with van der Waals surface area (Å²) in [6.07, 6.45) is 3.35. The van der Waals surface area contributed by atoms with E-state index >= 15 is 0 Å². The van der Waals surface area contributed by atoms with Crippen LogP contribution in [0.5, 0.6) is 0 Å². The highest BCUT2D eigenvalue weighted by atomic mass is 16.4. The molecule has 0 unspecified atom stereocenters. The lowest BCUT2D eigenvalue weighted by atomic mass is 10.1. The van der Waals surface area contributed by atoms with E-state index in [2.05, 4.69) is 10.1 Å². The molecule has 0 saturated carbocycles. The van der Waals surface area contributed by atoms with E-state index in [-0.39, 0.29) is 11.2 Å². The summed E-state index contributed by atoms with van der Waals surface area (Å²) in [6, 6.07) is 5.26. The van der Waals surface area contributed by atoms with Crippen LogP contribution in [0.1, 0.15) is 31.3 Å². The van der Waals surface area contributed by atoms with E-state index in [1.54, 1.807) is 23.1 Å². The van der Waals surface area contributed by atoms with E-state index in [4.69, 9.17) is 5.11 Å². The third-order valence-electron chi connectivity index (χ3n) is 2.54. The van der Waals surface area contributed by atoms with E-state index in [0.717, 1.165) is 11.3 Å². The minimum absolute atomic E-state index is 0.0525. The first-order valence-corrected chi connectivity index (χ1v) is 5.64. The van der Waals surface area contributed by atoms with Crippen LogP contribution in [0.3, 0.4) is 0 Å². The van der Waals surface area contributed by atoms with Gasteiger partial charge in [0, 0.05) is 18.0 Å². The Morgan fingerprint density at radius 2 is 1.89 bits per heavy atom. The smallest absolute Gasteiger partial charge is 0.356 e. The Morgan fingerprint density at radius 1 is 1.28 bits per heavy atom. The number of carboxylic acids is 1. The maximum Gasteiger partial charge on any atom is 0.356 e. The fourth-order valence-electron chi connectivity index (χ4n) is 1.73. The van der Waals surface area contributed by atoms with Gasteiger partial charge < -0.3 is 5.11 Å². The zero-order valence-corrected chi connectivity index (χ0v) is 10.6. The second-order valence-corrected chi connectivity index (χ2v) is 5.04. The molecule has 0 aliphatic heterocycles. The average Bonchev–Trinajstić information content (AvgIpc) is 2.74. The number of hydrogen-bond donors (Lipinski definition) is 1. The number of pyridine rings is 1. The lowest BCUT2D eigenvalue weighted by Gasteiger charge is -2.22. The molecule has 0 fully saturated rings. The van der Waals surface area contributed by atoms with Crippen molar-refractivity contribution in [2.45, 2.75) is 26.3 Å². The molecule has 1 N–H and O–H groups in total. The number of aromatic nitrogens is 3. The van der Waals surface area contributed by atoms with Crippen LogP contribution in [-0.4, -0.2) is 25.8 Å². The molecule has 0 aromatic carbocycles. The molecule has 2 heterocycles. The van der Waals surface area contributed by atoms with Crippen molar-refractivity contribution in [3.05, 3.63) is 36.3 Å². The van der Waals surface area contributed by atoms with Gasteiger partial charge in [0.05, 0.1) is 11.2 Å². The van der Waals surface area contributed by atoms with Crippen molar-refractivity contribution in [2.75, 3.05) is 0 Å². The van der Waals surface area contributed by atoms with Crippen LogP contribution in [0.25, 0.3) is 11.3 Å². The van der Waals surface area contributed by atoms with Gasteiger partial charge in [0.15, 0.2) is 5.69 Å². The molecule has 0 bridgehead atoms. The van der Waals surface area contributed by atoms with Crippen LogP contribution in [0.15, 0.2) is 30.6 Å². The van der Waals surface area contributed by atoms with Gasteiger partial charge in [0.25, 0.3) is 0 Å². The average molecular weight is 245 g/mol. The molecule has 0 saturated heterocycles. The van der Waals surface area contributed by atoms with E-state index in [1.807, 2.05) is 32.9 Å². The van der Waals surface area contributed by atoms with Crippen molar-refractivity contribution in [3.63, 3.8) is 0 Å². The van der Waals surface area contributed by atoms with Crippen molar-refractivity contribution in [2.24, 2.45) is 0 Å². The summed E-state index contributed by atoms with van der Waals surface area (Å²) in [7, 11) is 0. The molecular weight excluding hydrogens is 230 g/mol. The van der Waals surface area contributed by atoms with E-state index in [1.165, 1.54) is 0 Å². The van der Waals surface area contributed by atoms with Gasteiger partial charge in [-0.3, -0.25) is 9.67 Å². The monoisotopic (exact) mass is 245 g/mol. The van der Waals surface area contributed by atoms with E-state index < -0.39 is 5.97 Å². The fourth-order valence-corrected chi connectivity index (χ4v) is 1.73. The summed E-state index contributed by atoms with van der Waals surface area (Å²) in [5.41, 5.74) is 1.45. The second-order valence-electron chi connectivity index (χ2n) is 5.04. The molecule has 0 atom stereocenters. The standard InChI is InChI=1S/C13H15N3O2/c1-13(2,3)16-11(8-10(15-16)12(17)18)9-4-6-14-7-5-9/h4-8H,1-3H3,(H,17,18). The van der Waals surface area contributed by atoms with Gasteiger partial charge >= 0.3 is 5.97 Å². The molecule has 0 amide bonds. The molecule has 18 heavy (non-hydrogen) atoms. The molecule has 0 spiro atoms. The maximum absolute atomic E-state index is 11.0. The third-order valence-corrected chi connectivity index (χ3v) is 2.54. The number of carbonyl (C=O) groups is 1. The predicted molar refractivity (Wildman–Crippen MR) is 67.4 cm³/mol. The summed E-state index contributed by atoms with van der Waals surface area (Å²) in [5, 5.41) is 13.2. The summed E-state index contributed by atoms with van der Waals surface area (Å²) in [6.45, 7) is 5.95. The van der Waals surface area contributed by atoms with Crippen LogP contribution in [0.4, 0.5) is 0 Å². The maximum atomic E-state index is 11.0. The minimum atomic E-state index is -1.02. The third kappa shape index (κ3) is 2.25. The molecule has 0 radical (unpaired) electrons. The zero-order chi connectivity index (χ0) is 13.3. The van der Waals surface area contributed by atoms with Gasteiger partial charge in [-0.2, -0.15) is 5.10 Å². The highest BCUT2D eigenvalue weighted by Crippen LogP contribution is 2.26. The predicted octanol–water partition coefficient (Wildman–Crippen LogP) is 2.40. The molecule has 0 aliphatic rings. The van der Waals surface area contributed by atoms with Gasteiger partial charge in [0.2, 0.25) is 0 Å². The molecule has 2 aromatic rings. The zero-order valence-electron chi connectivity index (χ0n) is 10.6. The summed E-state index contributed by atoms with van der Waals surface area (Å²) in [4.78, 5) is 15.0. The molecule has 5 nitrogen and oxygen atoms in total. The fraction of sp³-hybridized carbons (Fsp3) is 0.308. The van der Waals surface area contributed by atoms with Gasteiger partial charge in [-0.1, -0.05) is 0 Å². The highest BCUT2D eigenvalue weighted by Gasteiger charge is 2.22. The molecule has 94 valence electrons. The van der Waals surface area contributed by atoms with E-state index in [0.29, 0.717) is 0 Å². The molecule has 0 aliphatic carbocycles. The van der Waals surface area contributed by atoms with Crippen LogP contribution in [-0.2, 0) is 5.54 Å².